The summed E-state index contributed by atoms with van der Waals surface area (Å²) in [5.74, 6) is -0.335. The van der Waals surface area contributed by atoms with E-state index in [0.29, 0.717) is 12.4 Å². The molecule has 1 aromatic heterocycles. The predicted octanol–water partition coefficient (Wildman–Crippen LogP) is 4.10. The summed E-state index contributed by atoms with van der Waals surface area (Å²) in [6.07, 6.45) is 0. The molecule has 0 aliphatic heterocycles. The molecule has 1 N–H and O–H groups in total. The second kappa shape index (κ2) is 5.54. The highest BCUT2D eigenvalue weighted by atomic mass is 79.9. The van der Waals surface area contributed by atoms with Gasteiger partial charge in [-0.2, -0.15) is 0 Å². The fourth-order valence-electron chi connectivity index (χ4n) is 1.47. The van der Waals surface area contributed by atoms with Crippen LogP contribution in [-0.4, -0.2) is 11.1 Å². The van der Waals surface area contributed by atoms with Gasteiger partial charge < -0.3 is 9.84 Å². The van der Waals surface area contributed by atoms with Crippen molar-refractivity contribution in [1.29, 1.82) is 0 Å². The number of carboxylic acids is 1. The molecule has 3 nitrogen and oxygen atoms in total. The van der Waals surface area contributed by atoms with Gasteiger partial charge in [-0.3, -0.25) is 0 Å². The normalized spacial score (nSPS) is 10.3. The number of rotatable bonds is 4. The third-order valence-corrected chi connectivity index (χ3v) is 4.03. The third kappa shape index (κ3) is 3.11. The summed E-state index contributed by atoms with van der Waals surface area (Å²) in [7, 11) is 0. The molecular weight excluding hydrogens is 316 g/mol. The molecule has 0 bridgehead atoms. The van der Waals surface area contributed by atoms with Crippen LogP contribution in [0.5, 0.6) is 5.75 Å². The van der Waals surface area contributed by atoms with E-state index in [-0.39, 0.29) is 5.56 Å². The Hall–Kier alpha value is -1.33. The van der Waals surface area contributed by atoms with E-state index < -0.39 is 5.97 Å². The minimum absolute atomic E-state index is 0.239. The van der Waals surface area contributed by atoms with Crippen LogP contribution in [0, 0.1) is 6.92 Å². The van der Waals surface area contributed by atoms with Crippen LogP contribution in [0.15, 0.2) is 34.1 Å². The van der Waals surface area contributed by atoms with E-state index in [1.807, 2.05) is 19.1 Å². The lowest BCUT2D eigenvalue weighted by Crippen LogP contribution is -2.00. The Bertz CT molecular complexity index is 577. The molecule has 0 saturated heterocycles. The van der Waals surface area contributed by atoms with E-state index in [1.54, 1.807) is 29.5 Å². The van der Waals surface area contributed by atoms with Gasteiger partial charge in [0, 0.05) is 4.88 Å². The molecule has 0 aliphatic rings. The Morgan fingerprint density at radius 1 is 1.39 bits per heavy atom. The molecule has 0 unspecified atom stereocenters. The average Bonchev–Trinajstić information content (AvgIpc) is 2.74. The Morgan fingerprint density at radius 3 is 2.78 bits per heavy atom. The Labute approximate surface area is 117 Å². The van der Waals surface area contributed by atoms with Crippen LogP contribution in [0.3, 0.4) is 0 Å². The smallest absolute Gasteiger partial charge is 0.335 e. The van der Waals surface area contributed by atoms with Crippen molar-refractivity contribution >= 4 is 33.2 Å². The van der Waals surface area contributed by atoms with Gasteiger partial charge in [0.25, 0.3) is 0 Å². The number of benzene rings is 1. The van der Waals surface area contributed by atoms with Crippen LogP contribution in [-0.2, 0) is 6.61 Å². The molecule has 1 aromatic carbocycles. The van der Waals surface area contributed by atoms with E-state index in [1.165, 1.54) is 0 Å². The maximum atomic E-state index is 10.9. The summed E-state index contributed by atoms with van der Waals surface area (Å²) < 4.78 is 6.71. The van der Waals surface area contributed by atoms with Gasteiger partial charge in [-0.25, -0.2) is 4.79 Å². The van der Waals surface area contributed by atoms with E-state index in [9.17, 15) is 4.79 Å². The Balaban J connectivity index is 2.13. The molecule has 5 heteroatoms. The zero-order chi connectivity index (χ0) is 13.1. The highest BCUT2D eigenvalue weighted by molar-refractivity contribution is 9.11. The largest absolute Gasteiger partial charge is 0.488 e. The topological polar surface area (TPSA) is 46.5 Å². The summed E-state index contributed by atoms with van der Waals surface area (Å²) in [5.41, 5.74) is 1.17. The van der Waals surface area contributed by atoms with Crippen molar-refractivity contribution in [3.63, 3.8) is 0 Å². The number of ether oxygens (including phenoxy) is 1. The van der Waals surface area contributed by atoms with Crippen molar-refractivity contribution in [3.8, 4) is 5.75 Å². The number of aromatic carboxylic acids is 1. The van der Waals surface area contributed by atoms with Crippen molar-refractivity contribution in [2.75, 3.05) is 0 Å². The highest BCUT2D eigenvalue weighted by Gasteiger charge is 2.07. The number of carboxylic acid groups (broad SMARTS) is 1. The first-order valence-corrected chi connectivity index (χ1v) is 6.88. The monoisotopic (exact) mass is 326 g/mol. The third-order valence-electron chi connectivity index (χ3n) is 2.43. The standard InChI is InChI=1S/C13H11BrO3S/c1-8-2-3-9(13(15)16)6-11(8)17-7-10-4-5-12(14)18-10/h2-6H,7H2,1H3,(H,15,16). The minimum Gasteiger partial charge on any atom is -0.488 e. The first-order valence-electron chi connectivity index (χ1n) is 5.27. The summed E-state index contributed by atoms with van der Waals surface area (Å²) >= 11 is 4.99. The molecule has 2 aromatic rings. The molecule has 1 heterocycles. The SMILES string of the molecule is Cc1ccc(C(=O)O)cc1OCc1ccc(Br)s1. The second-order valence-electron chi connectivity index (χ2n) is 3.78. The van der Waals surface area contributed by atoms with Gasteiger partial charge in [0.15, 0.2) is 0 Å². The van der Waals surface area contributed by atoms with Gasteiger partial charge in [-0.05, 0) is 52.7 Å². The lowest BCUT2D eigenvalue weighted by Gasteiger charge is -2.08. The number of aryl methyl sites for hydroxylation is 1. The van der Waals surface area contributed by atoms with Gasteiger partial charge in [-0.15, -0.1) is 11.3 Å². The summed E-state index contributed by atoms with van der Waals surface area (Å²) in [6, 6.07) is 8.82. The van der Waals surface area contributed by atoms with Gasteiger partial charge in [-0.1, -0.05) is 6.07 Å². The molecular formula is C13H11BrO3S. The number of carbonyl (C=O) groups is 1. The van der Waals surface area contributed by atoms with Crippen molar-refractivity contribution < 1.29 is 14.6 Å². The maximum absolute atomic E-state index is 10.9. The number of halogens is 1. The minimum atomic E-state index is -0.946. The van der Waals surface area contributed by atoms with E-state index in [2.05, 4.69) is 15.9 Å². The van der Waals surface area contributed by atoms with Crippen molar-refractivity contribution in [2.45, 2.75) is 13.5 Å². The molecule has 18 heavy (non-hydrogen) atoms. The first kappa shape index (κ1) is 13.1. The lowest BCUT2D eigenvalue weighted by atomic mass is 10.1. The lowest BCUT2D eigenvalue weighted by molar-refractivity contribution is 0.0696. The van der Waals surface area contributed by atoms with Crippen LogP contribution in [0.1, 0.15) is 20.8 Å². The van der Waals surface area contributed by atoms with Gasteiger partial charge in [0.1, 0.15) is 12.4 Å². The Kier molecular flexibility index (Phi) is 4.04. The molecule has 0 radical (unpaired) electrons. The van der Waals surface area contributed by atoms with E-state index >= 15 is 0 Å². The van der Waals surface area contributed by atoms with Gasteiger partial charge >= 0.3 is 5.97 Å². The van der Waals surface area contributed by atoms with Gasteiger partial charge in [0.2, 0.25) is 0 Å². The van der Waals surface area contributed by atoms with Gasteiger partial charge in [0.05, 0.1) is 9.35 Å². The predicted molar refractivity (Wildman–Crippen MR) is 74.5 cm³/mol. The van der Waals surface area contributed by atoms with Crippen molar-refractivity contribution in [2.24, 2.45) is 0 Å². The van der Waals surface area contributed by atoms with Crippen molar-refractivity contribution in [1.82, 2.24) is 0 Å². The van der Waals surface area contributed by atoms with Crippen molar-refractivity contribution in [3.05, 3.63) is 50.1 Å². The number of thiophene rings is 1. The van der Waals surface area contributed by atoms with Crippen LogP contribution >= 0.6 is 27.3 Å². The number of hydrogen-bond acceptors (Lipinski definition) is 3. The first-order chi connectivity index (χ1) is 8.56. The van der Waals surface area contributed by atoms with E-state index in [0.717, 1.165) is 14.2 Å². The van der Waals surface area contributed by atoms with Crippen LogP contribution in [0.2, 0.25) is 0 Å². The molecule has 0 fully saturated rings. The molecule has 0 amide bonds. The van der Waals surface area contributed by atoms with E-state index in [4.69, 9.17) is 9.84 Å². The second-order valence-corrected chi connectivity index (χ2v) is 6.33. The molecule has 0 spiro atoms. The molecule has 0 atom stereocenters. The summed E-state index contributed by atoms with van der Waals surface area (Å²) in [5, 5.41) is 8.93. The zero-order valence-electron chi connectivity index (χ0n) is 9.64. The molecule has 2 rings (SSSR count). The zero-order valence-corrected chi connectivity index (χ0v) is 12.0. The maximum Gasteiger partial charge on any atom is 0.335 e. The molecule has 0 aliphatic carbocycles. The quantitative estimate of drug-likeness (QED) is 0.920. The van der Waals surface area contributed by atoms with Crippen LogP contribution in [0.25, 0.3) is 0 Å². The molecule has 94 valence electrons. The molecule has 0 saturated carbocycles. The highest BCUT2D eigenvalue weighted by Crippen LogP contribution is 2.25. The fraction of sp³-hybridized carbons (Fsp3) is 0.154. The number of hydrogen-bond donors (Lipinski definition) is 1. The fourth-order valence-corrected chi connectivity index (χ4v) is 2.86. The summed E-state index contributed by atoms with van der Waals surface area (Å²) in [4.78, 5) is 12.0. The summed E-state index contributed by atoms with van der Waals surface area (Å²) in [6.45, 7) is 2.34. The Morgan fingerprint density at radius 2 is 2.17 bits per heavy atom. The van der Waals surface area contributed by atoms with Crippen LogP contribution < -0.4 is 4.74 Å². The average molecular weight is 327 g/mol. The van der Waals surface area contributed by atoms with Crippen LogP contribution in [0.4, 0.5) is 0 Å².